The highest BCUT2D eigenvalue weighted by molar-refractivity contribution is 7.84. The number of rotatable bonds is 6. The normalized spacial score (nSPS) is 14.1. The predicted molar refractivity (Wildman–Crippen MR) is 103 cm³/mol. The molecule has 0 saturated heterocycles. The zero-order chi connectivity index (χ0) is 19.5. The van der Waals surface area contributed by atoms with E-state index in [-0.39, 0.29) is 21.8 Å². The van der Waals surface area contributed by atoms with Crippen LogP contribution in [0.15, 0.2) is 24.5 Å². The fourth-order valence-corrected chi connectivity index (χ4v) is 3.29. The van der Waals surface area contributed by atoms with E-state index >= 15 is 4.39 Å². The monoisotopic (exact) mass is 419 g/mol. The average Bonchev–Trinajstić information content (AvgIpc) is 2.56. The third-order valence-corrected chi connectivity index (χ3v) is 5.60. The number of halogens is 3. The van der Waals surface area contributed by atoms with E-state index in [2.05, 4.69) is 14.7 Å². The van der Waals surface area contributed by atoms with Gasteiger partial charge in [-0.2, -0.15) is 0 Å². The molecule has 0 fully saturated rings. The van der Waals surface area contributed by atoms with E-state index in [0.29, 0.717) is 12.0 Å². The summed E-state index contributed by atoms with van der Waals surface area (Å²) in [6.45, 7) is 7.40. The van der Waals surface area contributed by atoms with Crippen molar-refractivity contribution in [3.05, 3.63) is 46.1 Å². The first-order valence-corrected chi connectivity index (χ1v) is 9.85. The van der Waals surface area contributed by atoms with Crippen LogP contribution in [-0.4, -0.2) is 18.9 Å². The second-order valence-electron chi connectivity index (χ2n) is 6.52. The quantitative estimate of drug-likeness (QED) is 0.651. The minimum atomic E-state index is -1.36. The van der Waals surface area contributed by atoms with Gasteiger partial charge in [0.25, 0.3) is 0 Å². The number of hydrogen-bond acceptors (Lipinski definition) is 4. The molecule has 1 aromatic carbocycles. The van der Waals surface area contributed by atoms with Crippen molar-refractivity contribution in [2.24, 2.45) is 0 Å². The molecule has 0 bridgehead atoms. The van der Waals surface area contributed by atoms with Crippen LogP contribution >= 0.6 is 23.2 Å². The van der Waals surface area contributed by atoms with E-state index in [9.17, 15) is 4.21 Å². The Hall–Kier alpha value is -1.28. The molecule has 0 aliphatic rings. The Labute approximate surface area is 164 Å². The molecular weight excluding hydrogens is 400 g/mol. The van der Waals surface area contributed by atoms with Crippen molar-refractivity contribution in [1.29, 1.82) is 0 Å². The van der Waals surface area contributed by atoms with E-state index in [4.69, 9.17) is 27.9 Å². The first kappa shape index (κ1) is 21.0. The van der Waals surface area contributed by atoms with Crippen molar-refractivity contribution in [1.82, 2.24) is 14.7 Å². The Morgan fingerprint density at radius 3 is 2.58 bits per heavy atom. The third kappa shape index (κ3) is 5.13. The summed E-state index contributed by atoms with van der Waals surface area (Å²) in [5, 5.41) is 0.254. The molecular formula is C17H20Cl2FN3O2S. The lowest BCUT2D eigenvalue weighted by Gasteiger charge is -2.24. The maximum absolute atomic E-state index is 15.1. The highest BCUT2D eigenvalue weighted by atomic mass is 35.5. The Kier molecular flexibility index (Phi) is 6.96. The lowest BCUT2D eigenvalue weighted by atomic mass is 10.0. The summed E-state index contributed by atoms with van der Waals surface area (Å²) >= 11 is 11.9. The van der Waals surface area contributed by atoms with Gasteiger partial charge in [-0.25, -0.2) is 23.3 Å². The van der Waals surface area contributed by atoms with Crippen LogP contribution in [0.25, 0.3) is 0 Å². The van der Waals surface area contributed by atoms with Crippen LogP contribution in [-0.2, 0) is 11.0 Å². The fraction of sp³-hybridized carbons (Fsp3) is 0.412. The van der Waals surface area contributed by atoms with Gasteiger partial charge in [0.15, 0.2) is 11.6 Å². The summed E-state index contributed by atoms with van der Waals surface area (Å²) in [6.07, 6.45) is 1.73. The molecule has 1 aromatic heterocycles. The number of ether oxygens (including phenoxy) is 1. The van der Waals surface area contributed by atoms with Crippen molar-refractivity contribution >= 4 is 34.2 Å². The van der Waals surface area contributed by atoms with Crippen LogP contribution in [0.1, 0.15) is 45.7 Å². The Bertz CT molecular complexity index is 815. The molecule has 5 nitrogen and oxygen atoms in total. The minimum absolute atomic E-state index is 0.0715. The van der Waals surface area contributed by atoms with Crippen molar-refractivity contribution < 1.29 is 13.3 Å². The van der Waals surface area contributed by atoms with Crippen molar-refractivity contribution in [3.8, 4) is 11.6 Å². The van der Waals surface area contributed by atoms with Gasteiger partial charge in [0.05, 0.1) is 20.8 Å². The molecule has 142 valence electrons. The van der Waals surface area contributed by atoms with Gasteiger partial charge < -0.3 is 4.74 Å². The van der Waals surface area contributed by atoms with Gasteiger partial charge >= 0.3 is 0 Å². The SMILES string of the molecule is CC[C@@H](N[S@](=O)C(C)(C)C)c1ccc(Cl)c(Oc2cc(Cl)ncn2)c1F. The van der Waals surface area contributed by atoms with E-state index in [0.717, 1.165) is 0 Å². The van der Waals surface area contributed by atoms with Gasteiger partial charge in [0, 0.05) is 17.7 Å². The van der Waals surface area contributed by atoms with E-state index < -0.39 is 27.6 Å². The zero-order valence-corrected chi connectivity index (χ0v) is 17.2. The highest BCUT2D eigenvalue weighted by Crippen LogP contribution is 2.36. The number of nitrogens with zero attached hydrogens (tertiary/aromatic N) is 2. The number of benzene rings is 1. The summed E-state index contributed by atoms with van der Waals surface area (Å²) in [4.78, 5) is 7.63. The lowest BCUT2D eigenvalue weighted by molar-refractivity contribution is 0.418. The summed E-state index contributed by atoms with van der Waals surface area (Å²) in [7, 11) is -1.36. The van der Waals surface area contributed by atoms with Gasteiger partial charge in [-0.3, -0.25) is 0 Å². The molecule has 1 N–H and O–H groups in total. The first-order chi connectivity index (χ1) is 12.1. The maximum atomic E-state index is 15.1. The molecule has 9 heteroatoms. The Morgan fingerprint density at radius 1 is 1.31 bits per heavy atom. The van der Waals surface area contributed by atoms with Crippen LogP contribution in [0.3, 0.4) is 0 Å². The second-order valence-corrected chi connectivity index (χ2v) is 9.31. The number of nitrogens with one attached hydrogen (secondary N) is 1. The van der Waals surface area contributed by atoms with E-state index in [1.165, 1.54) is 18.5 Å². The zero-order valence-electron chi connectivity index (χ0n) is 14.8. The van der Waals surface area contributed by atoms with Crippen molar-refractivity contribution in [2.45, 2.75) is 44.9 Å². The molecule has 2 aromatic rings. The van der Waals surface area contributed by atoms with Gasteiger partial charge in [0.1, 0.15) is 11.5 Å². The minimum Gasteiger partial charge on any atom is -0.434 e. The van der Waals surface area contributed by atoms with Crippen LogP contribution in [0.4, 0.5) is 4.39 Å². The summed E-state index contributed by atoms with van der Waals surface area (Å²) in [6, 6.07) is 3.97. The van der Waals surface area contributed by atoms with Gasteiger partial charge in [-0.05, 0) is 33.3 Å². The average molecular weight is 420 g/mol. The standard InChI is InChI=1S/C17H20Cl2FN3O2S/c1-5-12(23-26(24)17(2,3)4)10-6-7-11(18)16(15(10)20)25-14-8-13(19)21-9-22-14/h6-9,12,23H,5H2,1-4H3/t12-,26-/m1/s1. The topological polar surface area (TPSA) is 64.1 Å². The third-order valence-electron chi connectivity index (χ3n) is 3.48. The summed E-state index contributed by atoms with van der Waals surface area (Å²) in [5.41, 5.74) is 0.310. The second kappa shape index (κ2) is 8.61. The number of aromatic nitrogens is 2. The van der Waals surface area contributed by atoms with Gasteiger partial charge in [-0.1, -0.05) is 36.2 Å². The molecule has 0 unspecified atom stereocenters. The smallest absolute Gasteiger partial charge is 0.224 e. The molecule has 0 spiro atoms. The molecule has 0 saturated carbocycles. The van der Waals surface area contributed by atoms with E-state index in [1.807, 2.05) is 27.7 Å². The van der Waals surface area contributed by atoms with Gasteiger partial charge in [0.2, 0.25) is 5.88 Å². The maximum Gasteiger partial charge on any atom is 0.224 e. The first-order valence-electron chi connectivity index (χ1n) is 7.94. The predicted octanol–water partition coefficient (Wildman–Crippen LogP) is 5.22. The largest absolute Gasteiger partial charge is 0.434 e. The molecule has 26 heavy (non-hydrogen) atoms. The molecule has 0 aliphatic heterocycles. The molecule has 0 aliphatic carbocycles. The Balaban J connectivity index is 2.36. The van der Waals surface area contributed by atoms with Crippen LogP contribution in [0.2, 0.25) is 10.2 Å². The van der Waals surface area contributed by atoms with Crippen molar-refractivity contribution in [2.75, 3.05) is 0 Å². The molecule has 1 heterocycles. The van der Waals surface area contributed by atoms with Gasteiger partial charge in [-0.15, -0.1) is 0 Å². The molecule has 0 radical (unpaired) electrons. The lowest BCUT2D eigenvalue weighted by Crippen LogP contribution is -2.35. The number of hydrogen-bond donors (Lipinski definition) is 1. The molecule has 2 atom stereocenters. The van der Waals surface area contributed by atoms with E-state index in [1.54, 1.807) is 6.07 Å². The molecule has 0 amide bonds. The highest BCUT2D eigenvalue weighted by Gasteiger charge is 2.26. The Morgan fingerprint density at radius 2 is 2.00 bits per heavy atom. The van der Waals surface area contributed by atoms with Crippen LogP contribution in [0.5, 0.6) is 11.6 Å². The summed E-state index contributed by atoms with van der Waals surface area (Å²) < 4.78 is 35.4. The summed E-state index contributed by atoms with van der Waals surface area (Å²) in [5.74, 6) is -0.736. The van der Waals surface area contributed by atoms with Crippen LogP contribution in [0, 0.1) is 5.82 Å². The molecule has 2 rings (SSSR count). The fourth-order valence-electron chi connectivity index (χ4n) is 2.06. The van der Waals surface area contributed by atoms with Crippen molar-refractivity contribution in [3.63, 3.8) is 0 Å². The van der Waals surface area contributed by atoms with Crippen LogP contribution < -0.4 is 9.46 Å².